The van der Waals surface area contributed by atoms with Gasteiger partial charge in [0.25, 0.3) is 0 Å². The molecule has 1 N–H and O–H groups in total. The number of hydrogen-bond donors (Lipinski definition) is 1. The van der Waals surface area contributed by atoms with Crippen molar-refractivity contribution in [3.63, 3.8) is 0 Å². The van der Waals surface area contributed by atoms with E-state index in [0.717, 1.165) is 34.6 Å². The Labute approximate surface area is 221 Å². The minimum absolute atomic E-state index is 0.0383. The molecule has 6 rings (SSSR count). The molecule has 0 radical (unpaired) electrons. The Morgan fingerprint density at radius 1 is 0.947 bits per heavy atom. The Hall–Kier alpha value is -4.36. The number of carbonyl (C=O) groups is 2. The summed E-state index contributed by atoms with van der Waals surface area (Å²) >= 11 is 0. The number of nitrogens with zero attached hydrogens (tertiary/aromatic N) is 4. The predicted octanol–water partition coefficient (Wildman–Crippen LogP) is 5.36. The van der Waals surface area contributed by atoms with Crippen molar-refractivity contribution < 1.29 is 14.7 Å². The molecule has 0 saturated carbocycles. The first kappa shape index (κ1) is 24.0. The van der Waals surface area contributed by atoms with Crippen LogP contribution in [0, 0.1) is 6.92 Å². The highest BCUT2D eigenvalue weighted by atomic mass is 16.4. The van der Waals surface area contributed by atoms with Gasteiger partial charge in [0, 0.05) is 24.5 Å². The zero-order valence-electron chi connectivity index (χ0n) is 21.2. The molecule has 2 aromatic heterocycles. The van der Waals surface area contributed by atoms with Crippen LogP contribution in [0.15, 0.2) is 85.2 Å². The Balaban J connectivity index is 1.33. The van der Waals surface area contributed by atoms with Crippen LogP contribution >= 0.6 is 0 Å². The third-order valence-corrected chi connectivity index (χ3v) is 7.89. The summed E-state index contributed by atoms with van der Waals surface area (Å²) in [6, 6.07) is 23.6. The molecule has 7 heteroatoms. The number of fused-ring (bicyclic) bond motifs is 2. The van der Waals surface area contributed by atoms with Crippen molar-refractivity contribution in [3.05, 3.63) is 108 Å². The highest BCUT2D eigenvalue weighted by Gasteiger charge is 2.53. The summed E-state index contributed by atoms with van der Waals surface area (Å²) in [5.41, 5.74) is 5.09. The third-order valence-electron chi connectivity index (χ3n) is 7.89. The SMILES string of the molecule is Cc1cccnc1CN1CCC2(CC1)C(=O)N(c1ccc(-c3ccccc3)cc1)c1ncc(C(=O)O)cc12. The van der Waals surface area contributed by atoms with E-state index in [0.29, 0.717) is 37.3 Å². The predicted molar refractivity (Wildman–Crippen MR) is 145 cm³/mol. The summed E-state index contributed by atoms with van der Waals surface area (Å²) in [5.74, 6) is -0.554. The van der Waals surface area contributed by atoms with Crippen molar-refractivity contribution in [2.24, 2.45) is 0 Å². The lowest BCUT2D eigenvalue weighted by molar-refractivity contribution is -0.124. The van der Waals surface area contributed by atoms with E-state index in [1.54, 1.807) is 11.0 Å². The molecule has 0 aliphatic carbocycles. The van der Waals surface area contributed by atoms with E-state index >= 15 is 0 Å². The Morgan fingerprint density at radius 3 is 2.34 bits per heavy atom. The van der Waals surface area contributed by atoms with Crippen LogP contribution in [0.1, 0.15) is 40.0 Å². The van der Waals surface area contributed by atoms with Gasteiger partial charge >= 0.3 is 5.97 Å². The molecule has 0 bridgehead atoms. The summed E-state index contributed by atoms with van der Waals surface area (Å²) in [7, 11) is 0. The molecule has 1 saturated heterocycles. The first-order chi connectivity index (χ1) is 18.5. The van der Waals surface area contributed by atoms with Gasteiger partial charge in [-0.2, -0.15) is 0 Å². The molecule has 2 aliphatic rings. The largest absolute Gasteiger partial charge is 0.478 e. The molecule has 1 fully saturated rings. The Morgan fingerprint density at radius 2 is 1.66 bits per heavy atom. The number of carboxylic acids is 1. The van der Waals surface area contributed by atoms with Gasteiger partial charge in [0.05, 0.1) is 22.4 Å². The lowest BCUT2D eigenvalue weighted by atomic mass is 9.73. The number of benzene rings is 2. The Bertz CT molecular complexity index is 1510. The van der Waals surface area contributed by atoms with Gasteiger partial charge in [0.1, 0.15) is 5.82 Å². The molecule has 0 unspecified atom stereocenters. The van der Waals surface area contributed by atoms with Gasteiger partial charge in [-0.25, -0.2) is 9.78 Å². The molecule has 1 amide bonds. The van der Waals surface area contributed by atoms with E-state index < -0.39 is 11.4 Å². The van der Waals surface area contributed by atoms with Crippen molar-refractivity contribution in [3.8, 4) is 11.1 Å². The van der Waals surface area contributed by atoms with E-state index in [1.807, 2.05) is 54.7 Å². The van der Waals surface area contributed by atoms with Crippen LogP contribution in [0.2, 0.25) is 0 Å². The number of amides is 1. The second kappa shape index (κ2) is 9.50. The number of pyridine rings is 2. The topological polar surface area (TPSA) is 86.6 Å². The monoisotopic (exact) mass is 504 g/mol. The zero-order chi connectivity index (χ0) is 26.3. The average molecular weight is 505 g/mol. The lowest BCUT2D eigenvalue weighted by Crippen LogP contribution is -2.47. The molecule has 2 aromatic carbocycles. The van der Waals surface area contributed by atoms with Crippen LogP contribution in [-0.4, -0.2) is 44.9 Å². The van der Waals surface area contributed by atoms with Gasteiger partial charge < -0.3 is 5.11 Å². The maximum atomic E-state index is 14.2. The van der Waals surface area contributed by atoms with Crippen LogP contribution in [-0.2, 0) is 16.8 Å². The van der Waals surface area contributed by atoms with Crippen LogP contribution in [0.3, 0.4) is 0 Å². The Kier molecular flexibility index (Phi) is 6.00. The average Bonchev–Trinajstić information content (AvgIpc) is 3.18. The second-order valence-corrected chi connectivity index (χ2v) is 10.1. The fourth-order valence-corrected chi connectivity index (χ4v) is 5.68. The standard InChI is InChI=1S/C31H28N4O3/c1-21-6-5-15-32-27(21)20-34-16-13-31(14-17-34)26-18-24(29(36)37)19-33-28(26)35(30(31)38)25-11-9-23(10-12-25)22-7-3-2-4-8-22/h2-12,15,18-19H,13-14,16-17,20H2,1H3,(H,36,37). The maximum Gasteiger partial charge on any atom is 0.337 e. The van der Waals surface area contributed by atoms with Gasteiger partial charge in [-0.05, 0) is 73.8 Å². The number of carboxylic acid groups (broad SMARTS) is 1. The van der Waals surface area contributed by atoms with Gasteiger partial charge in [-0.3, -0.25) is 19.6 Å². The van der Waals surface area contributed by atoms with E-state index in [4.69, 9.17) is 0 Å². The number of aromatic nitrogens is 2. The number of aryl methyl sites for hydroxylation is 1. The van der Waals surface area contributed by atoms with E-state index in [-0.39, 0.29) is 11.5 Å². The van der Waals surface area contributed by atoms with Gasteiger partial charge in [-0.1, -0.05) is 48.5 Å². The second-order valence-electron chi connectivity index (χ2n) is 10.1. The minimum atomic E-state index is -1.04. The van der Waals surface area contributed by atoms with Crippen molar-refractivity contribution in [2.75, 3.05) is 18.0 Å². The quantitative estimate of drug-likeness (QED) is 0.394. The third kappa shape index (κ3) is 4.05. The number of rotatable bonds is 5. The molecule has 4 aromatic rings. The first-order valence-electron chi connectivity index (χ1n) is 12.8. The van der Waals surface area contributed by atoms with Crippen molar-refractivity contribution in [1.29, 1.82) is 0 Å². The molecule has 0 atom stereocenters. The highest BCUT2D eigenvalue weighted by molar-refractivity contribution is 6.12. The summed E-state index contributed by atoms with van der Waals surface area (Å²) in [6.07, 6.45) is 4.34. The molecular weight excluding hydrogens is 476 g/mol. The normalized spacial score (nSPS) is 16.6. The number of carbonyl (C=O) groups excluding carboxylic acids is 1. The molecule has 38 heavy (non-hydrogen) atoms. The van der Waals surface area contributed by atoms with E-state index in [2.05, 4.69) is 40.0 Å². The van der Waals surface area contributed by atoms with Crippen molar-refractivity contribution in [1.82, 2.24) is 14.9 Å². The molecule has 7 nitrogen and oxygen atoms in total. The fourth-order valence-electron chi connectivity index (χ4n) is 5.68. The minimum Gasteiger partial charge on any atom is -0.478 e. The van der Waals surface area contributed by atoms with Crippen molar-refractivity contribution >= 4 is 23.4 Å². The van der Waals surface area contributed by atoms with Gasteiger partial charge in [-0.15, -0.1) is 0 Å². The summed E-state index contributed by atoms with van der Waals surface area (Å²) in [6.45, 7) is 4.20. The fraction of sp³-hybridized carbons (Fsp3) is 0.226. The van der Waals surface area contributed by atoms with Gasteiger partial charge in [0.2, 0.25) is 5.91 Å². The number of likely N-dealkylation sites (tertiary alicyclic amines) is 1. The van der Waals surface area contributed by atoms with Crippen LogP contribution in [0.5, 0.6) is 0 Å². The first-order valence-corrected chi connectivity index (χ1v) is 12.8. The molecule has 2 aliphatic heterocycles. The van der Waals surface area contributed by atoms with E-state index in [9.17, 15) is 14.7 Å². The van der Waals surface area contributed by atoms with Gasteiger partial charge in [0.15, 0.2) is 0 Å². The van der Waals surface area contributed by atoms with E-state index in [1.165, 1.54) is 6.20 Å². The smallest absolute Gasteiger partial charge is 0.337 e. The van der Waals surface area contributed by atoms with Crippen LogP contribution < -0.4 is 4.90 Å². The number of aromatic carboxylic acids is 1. The molecule has 4 heterocycles. The summed E-state index contributed by atoms with van der Waals surface area (Å²) in [4.78, 5) is 39.1. The van der Waals surface area contributed by atoms with Crippen molar-refractivity contribution in [2.45, 2.75) is 31.7 Å². The zero-order valence-corrected chi connectivity index (χ0v) is 21.2. The number of hydrogen-bond acceptors (Lipinski definition) is 5. The highest BCUT2D eigenvalue weighted by Crippen LogP contribution is 2.50. The number of piperidine rings is 1. The number of anilines is 2. The van der Waals surface area contributed by atoms with Crippen LogP contribution in [0.25, 0.3) is 11.1 Å². The maximum absolute atomic E-state index is 14.2. The van der Waals surface area contributed by atoms with Crippen LogP contribution in [0.4, 0.5) is 11.5 Å². The summed E-state index contributed by atoms with van der Waals surface area (Å²) < 4.78 is 0. The molecule has 190 valence electrons. The summed E-state index contributed by atoms with van der Waals surface area (Å²) in [5, 5.41) is 9.67. The molecule has 1 spiro atoms. The lowest BCUT2D eigenvalue weighted by Gasteiger charge is -2.38. The molecular formula is C31H28N4O3.